The molecule has 3 aliphatic carbocycles. The number of hydrogen-bond donors (Lipinski definition) is 0. The summed E-state index contributed by atoms with van der Waals surface area (Å²) in [5.74, 6) is 3.34. The Kier molecular flexibility index (Phi) is 1.70. The van der Waals surface area contributed by atoms with Gasteiger partial charge in [-0.15, -0.1) is 0 Å². The highest BCUT2D eigenvalue weighted by Crippen LogP contribution is 2.71. The molecule has 4 unspecified atom stereocenters. The average molecular weight is 192 g/mol. The Bertz CT molecular complexity index is 247. The van der Waals surface area contributed by atoms with Crippen LogP contribution in [0.2, 0.25) is 0 Å². The van der Waals surface area contributed by atoms with Crippen LogP contribution in [-0.4, -0.2) is 0 Å². The van der Waals surface area contributed by atoms with Crippen molar-refractivity contribution < 1.29 is 0 Å². The minimum atomic E-state index is 0.563. The Morgan fingerprint density at radius 2 is 1.86 bits per heavy atom. The Hall–Kier alpha value is 0. The van der Waals surface area contributed by atoms with Gasteiger partial charge in [0.1, 0.15) is 0 Å². The van der Waals surface area contributed by atoms with Gasteiger partial charge in [0.05, 0.1) is 0 Å². The van der Waals surface area contributed by atoms with Crippen LogP contribution in [0.15, 0.2) is 0 Å². The third-order valence-electron chi connectivity index (χ3n) is 5.93. The fourth-order valence-corrected chi connectivity index (χ4v) is 5.61. The van der Waals surface area contributed by atoms with E-state index in [2.05, 4.69) is 20.8 Å². The lowest BCUT2D eigenvalue weighted by molar-refractivity contribution is -0.0123. The Morgan fingerprint density at radius 3 is 2.50 bits per heavy atom. The minimum absolute atomic E-state index is 0.563. The van der Waals surface area contributed by atoms with Crippen LogP contribution in [0.1, 0.15) is 59.3 Å². The van der Waals surface area contributed by atoms with E-state index in [-0.39, 0.29) is 0 Å². The first-order chi connectivity index (χ1) is 6.56. The molecule has 14 heavy (non-hydrogen) atoms. The van der Waals surface area contributed by atoms with E-state index in [1.807, 2.05) is 0 Å². The van der Waals surface area contributed by atoms with Gasteiger partial charge >= 0.3 is 0 Å². The zero-order valence-corrected chi connectivity index (χ0v) is 9.97. The molecule has 0 radical (unpaired) electrons. The lowest BCUT2D eigenvalue weighted by Gasteiger charge is -2.50. The van der Waals surface area contributed by atoms with Gasteiger partial charge in [-0.2, -0.15) is 0 Å². The summed E-state index contributed by atoms with van der Waals surface area (Å²) < 4.78 is 0. The predicted octanol–water partition coefficient (Wildman–Crippen LogP) is 4.25. The van der Waals surface area contributed by atoms with Gasteiger partial charge in [0.25, 0.3) is 0 Å². The van der Waals surface area contributed by atoms with Crippen molar-refractivity contribution >= 4 is 0 Å². The van der Waals surface area contributed by atoms with E-state index in [0.29, 0.717) is 5.41 Å². The summed E-state index contributed by atoms with van der Waals surface area (Å²) in [7, 11) is 0. The van der Waals surface area contributed by atoms with Gasteiger partial charge in [-0.3, -0.25) is 0 Å². The summed E-state index contributed by atoms with van der Waals surface area (Å²) in [6.07, 6.45) is 9.32. The van der Waals surface area contributed by atoms with Gasteiger partial charge in [0, 0.05) is 0 Å². The third kappa shape index (κ3) is 0.864. The van der Waals surface area contributed by atoms with Crippen molar-refractivity contribution in [3.05, 3.63) is 0 Å². The van der Waals surface area contributed by atoms with Crippen molar-refractivity contribution in [3.8, 4) is 0 Å². The molecule has 3 aliphatic rings. The molecule has 0 aliphatic heterocycles. The monoisotopic (exact) mass is 192 g/mol. The van der Waals surface area contributed by atoms with Crippen molar-refractivity contribution in [1.82, 2.24) is 0 Å². The van der Waals surface area contributed by atoms with E-state index in [1.165, 1.54) is 6.42 Å². The lowest BCUT2D eigenvalue weighted by Crippen LogP contribution is -2.43. The van der Waals surface area contributed by atoms with E-state index in [9.17, 15) is 0 Å². The van der Waals surface area contributed by atoms with Gasteiger partial charge < -0.3 is 0 Å². The third-order valence-corrected chi connectivity index (χ3v) is 5.93. The van der Waals surface area contributed by atoms with Crippen LogP contribution in [0.3, 0.4) is 0 Å². The standard InChI is InChI=1S/C14H24/c1-13(2,3)14-8-4-5-12(14)10-6-7-11(14)9-10/h10-12H,4-9H2,1-3H3. The van der Waals surface area contributed by atoms with E-state index < -0.39 is 0 Å². The first kappa shape index (κ1) is 9.24. The minimum Gasteiger partial charge on any atom is -0.0596 e. The highest BCUT2D eigenvalue weighted by Gasteiger charge is 2.63. The van der Waals surface area contributed by atoms with Crippen LogP contribution in [0.4, 0.5) is 0 Å². The smallest absolute Gasteiger partial charge is 0.0190 e. The molecule has 0 heterocycles. The molecule has 2 bridgehead atoms. The van der Waals surface area contributed by atoms with E-state index in [4.69, 9.17) is 0 Å². The molecule has 3 rings (SSSR count). The molecular formula is C14H24. The van der Waals surface area contributed by atoms with Crippen molar-refractivity contribution in [3.63, 3.8) is 0 Å². The molecule has 0 N–H and O–H groups in total. The number of hydrogen-bond acceptors (Lipinski definition) is 0. The van der Waals surface area contributed by atoms with Crippen LogP contribution in [0.25, 0.3) is 0 Å². The van der Waals surface area contributed by atoms with E-state index in [1.54, 1.807) is 32.1 Å². The molecule has 0 spiro atoms. The van der Waals surface area contributed by atoms with E-state index >= 15 is 0 Å². The van der Waals surface area contributed by atoms with Crippen molar-refractivity contribution in [2.45, 2.75) is 59.3 Å². The second-order valence-corrected chi connectivity index (χ2v) is 7.06. The lowest BCUT2D eigenvalue weighted by atomic mass is 9.55. The first-order valence-electron chi connectivity index (χ1n) is 6.56. The highest BCUT2D eigenvalue weighted by atomic mass is 14.7. The Morgan fingerprint density at radius 1 is 1.07 bits per heavy atom. The van der Waals surface area contributed by atoms with Gasteiger partial charge in [-0.1, -0.05) is 27.2 Å². The first-order valence-corrected chi connectivity index (χ1v) is 6.56. The van der Waals surface area contributed by atoms with Gasteiger partial charge in [-0.25, -0.2) is 0 Å². The SMILES string of the molecule is CC(C)(C)C12CCCC1C1CCC2C1. The van der Waals surface area contributed by atoms with Crippen molar-refractivity contribution in [2.24, 2.45) is 28.6 Å². The van der Waals surface area contributed by atoms with Gasteiger partial charge in [-0.05, 0) is 60.7 Å². The summed E-state index contributed by atoms with van der Waals surface area (Å²) in [6, 6.07) is 0. The summed E-state index contributed by atoms with van der Waals surface area (Å²) in [4.78, 5) is 0. The maximum Gasteiger partial charge on any atom is -0.0190 e. The second-order valence-electron chi connectivity index (χ2n) is 7.06. The second kappa shape index (κ2) is 2.57. The molecule has 0 saturated heterocycles. The average Bonchev–Trinajstić information content (AvgIpc) is 2.74. The molecule has 0 aromatic carbocycles. The Balaban J connectivity index is 2.04. The Labute approximate surface area is 88.5 Å². The predicted molar refractivity (Wildman–Crippen MR) is 60.1 cm³/mol. The van der Waals surface area contributed by atoms with Crippen LogP contribution >= 0.6 is 0 Å². The molecule has 0 nitrogen and oxygen atoms in total. The molecule has 0 aromatic rings. The van der Waals surface area contributed by atoms with Crippen LogP contribution in [-0.2, 0) is 0 Å². The summed E-state index contributed by atoms with van der Waals surface area (Å²) in [5.41, 5.74) is 1.32. The topological polar surface area (TPSA) is 0 Å². The fraction of sp³-hybridized carbons (Fsp3) is 1.00. The summed E-state index contributed by atoms with van der Waals surface area (Å²) >= 11 is 0. The van der Waals surface area contributed by atoms with Crippen LogP contribution < -0.4 is 0 Å². The quantitative estimate of drug-likeness (QED) is 0.538. The van der Waals surface area contributed by atoms with Crippen LogP contribution in [0, 0.1) is 28.6 Å². The van der Waals surface area contributed by atoms with Crippen molar-refractivity contribution in [2.75, 3.05) is 0 Å². The number of rotatable bonds is 0. The zero-order valence-electron chi connectivity index (χ0n) is 9.97. The van der Waals surface area contributed by atoms with E-state index in [0.717, 1.165) is 23.2 Å². The highest BCUT2D eigenvalue weighted by molar-refractivity contribution is 5.12. The molecule has 80 valence electrons. The van der Waals surface area contributed by atoms with Gasteiger partial charge in [0.15, 0.2) is 0 Å². The molecular weight excluding hydrogens is 168 g/mol. The summed E-state index contributed by atoms with van der Waals surface area (Å²) in [6.45, 7) is 7.52. The molecule has 3 saturated carbocycles. The largest absolute Gasteiger partial charge is 0.0596 e. The fourth-order valence-electron chi connectivity index (χ4n) is 5.61. The maximum absolute atomic E-state index is 2.51. The zero-order chi connectivity index (χ0) is 9.97. The molecule has 0 amide bonds. The van der Waals surface area contributed by atoms with Crippen LogP contribution in [0.5, 0.6) is 0 Å². The molecule has 4 atom stereocenters. The maximum atomic E-state index is 2.51. The summed E-state index contributed by atoms with van der Waals surface area (Å²) in [5, 5.41) is 0. The van der Waals surface area contributed by atoms with Gasteiger partial charge in [0.2, 0.25) is 0 Å². The number of fused-ring (bicyclic) bond motifs is 5. The normalized spacial score (nSPS) is 51.2. The molecule has 0 aromatic heterocycles. The van der Waals surface area contributed by atoms with Crippen molar-refractivity contribution in [1.29, 1.82) is 0 Å². The molecule has 3 fully saturated rings. The molecule has 0 heteroatoms.